The molecule has 2 rings (SSSR count). The van der Waals surface area contributed by atoms with Gasteiger partial charge in [-0.15, -0.1) is 0 Å². The number of benzene rings is 1. The lowest BCUT2D eigenvalue weighted by Crippen LogP contribution is -2.44. The normalized spacial score (nSPS) is 19.6. The molecule has 1 N–H and O–H groups in total. The lowest BCUT2D eigenvalue weighted by Gasteiger charge is -2.33. The molecule has 1 saturated heterocycles. The largest absolute Gasteiger partial charge is 0.416 e. The molecule has 6 heteroatoms. The van der Waals surface area contributed by atoms with Crippen LogP contribution in [0.1, 0.15) is 30.4 Å². The molecule has 1 atom stereocenters. The average molecular weight is 313 g/mol. The minimum absolute atomic E-state index is 0.0696. The number of rotatable bonds is 3. The van der Waals surface area contributed by atoms with Gasteiger partial charge >= 0.3 is 6.18 Å². The second kappa shape index (κ2) is 6.96. The minimum Gasteiger partial charge on any atom is -0.394 e. The summed E-state index contributed by atoms with van der Waals surface area (Å²) >= 11 is 0. The first-order valence-corrected chi connectivity index (χ1v) is 7.18. The molecule has 120 valence electrons. The molecule has 0 aliphatic carbocycles. The fourth-order valence-corrected chi connectivity index (χ4v) is 2.53. The topological polar surface area (TPSA) is 40.5 Å². The van der Waals surface area contributed by atoms with Crippen LogP contribution in [-0.4, -0.2) is 35.1 Å². The van der Waals surface area contributed by atoms with Crippen LogP contribution in [0.2, 0.25) is 0 Å². The first-order valence-electron chi connectivity index (χ1n) is 7.18. The van der Waals surface area contributed by atoms with Gasteiger partial charge in [0.1, 0.15) is 0 Å². The zero-order valence-corrected chi connectivity index (χ0v) is 12.0. The van der Waals surface area contributed by atoms with Crippen molar-refractivity contribution < 1.29 is 23.1 Å². The molecule has 1 aliphatic rings. The third-order valence-electron chi connectivity index (χ3n) is 3.78. The molecule has 3 nitrogen and oxygen atoms in total. The lowest BCUT2D eigenvalue weighted by molar-refractivity contribution is -0.137. The van der Waals surface area contributed by atoms with Crippen molar-refractivity contribution in [3.63, 3.8) is 0 Å². The Hall–Kier alpha value is -1.82. The van der Waals surface area contributed by atoms with Crippen LogP contribution < -0.4 is 0 Å². The molecule has 1 heterocycles. The molecular weight excluding hydrogens is 295 g/mol. The van der Waals surface area contributed by atoms with Gasteiger partial charge in [0.2, 0.25) is 5.91 Å². The molecule has 1 amide bonds. The summed E-state index contributed by atoms with van der Waals surface area (Å²) in [5.41, 5.74) is -0.189. The molecule has 1 aliphatic heterocycles. The lowest BCUT2D eigenvalue weighted by atomic mass is 10.0. The maximum Gasteiger partial charge on any atom is 0.416 e. The van der Waals surface area contributed by atoms with Crippen molar-refractivity contribution in [2.45, 2.75) is 31.5 Å². The zero-order chi connectivity index (χ0) is 16.2. The van der Waals surface area contributed by atoms with Gasteiger partial charge in [-0.1, -0.05) is 12.1 Å². The van der Waals surface area contributed by atoms with E-state index in [0.717, 1.165) is 31.4 Å². The summed E-state index contributed by atoms with van der Waals surface area (Å²) in [4.78, 5) is 13.7. The molecule has 1 aromatic carbocycles. The van der Waals surface area contributed by atoms with E-state index in [2.05, 4.69) is 0 Å². The molecule has 0 spiro atoms. The predicted molar refractivity (Wildman–Crippen MR) is 76.9 cm³/mol. The van der Waals surface area contributed by atoms with E-state index in [9.17, 15) is 23.1 Å². The van der Waals surface area contributed by atoms with E-state index < -0.39 is 11.7 Å². The first-order chi connectivity index (χ1) is 10.4. The summed E-state index contributed by atoms with van der Waals surface area (Å²) in [6.07, 6.45) is 1.13. The van der Waals surface area contributed by atoms with Crippen LogP contribution in [-0.2, 0) is 11.0 Å². The van der Waals surface area contributed by atoms with Crippen LogP contribution in [0.15, 0.2) is 30.3 Å². The summed E-state index contributed by atoms with van der Waals surface area (Å²) in [5, 5.41) is 9.28. The van der Waals surface area contributed by atoms with E-state index in [0.29, 0.717) is 12.1 Å². The van der Waals surface area contributed by atoms with Crippen LogP contribution in [0, 0.1) is 0 Å². The standard InChI is InChI=1S/C16H18F3NO2/c17-16(18,19)13-7-4-12(5-8-13)6-9-15(22)20-10-2-1-3-14(20)11-21/h4-9,14,21H,1-3,10-11H2. The first kappa shape index (κ1) is 16.5. The monoisotopic (exact) mass is 313 g/mol. The molecular formula is C16H18F3NO2. The maximum absolute atomic E-state index is 12.5. The summed E-state index contributed by atoms with van der Waals surface area (Å²) < 4.78 is 37.4. The van der Waals surface area contributed by atoms with Gasteiger partial charge in [0, 0.05) is 12.6 Å². The highest BCUT2D eigenvalue weighted by atomic mass is 19.4. The van der Waals surface area contributed by atoms with E-state index >= 15 is 0 Å². The van der Waals surface area contributed by atoms with Gasteiger partial charge in [0.15, 0.2) is 0 Å². The Kier molecular flexibility index (Phi) is 5.24. The zero-order valence-electron chi connectivity index (χ0n) is 12.0. The summed E-state index contributed by atoms with van der Waals surface area (Å²) in [6, 6.07) is 4.46. The highest BCUT2D eigenvalue weighted by Gasteiger charge is 2.29. The Morgan fingerprint density at radius 2 is 1.95 bits per heavy atom. The molecule has 1 unspecified atom stereocenters. The second-order valence-electron chi connectivity index (χ2n) is 5.32. The van der Waals surface area contributed by atoms with E-state index in [-0.39, 0.29) is 18.6 Å². The Labute approximate surface area is 127 Å². The smallest absolute Gasteiger partial charge is 0.394 e. The highest BCUT2D eigenvalue weighted by molar-refractivity contribution is 5.92. The average Bonchev–Trinajstić information content (AvgIpc) is 2.52. The van der Waals surface area contributed by atoms with Gasteiger partial charge < -0.3 is 10.0 Å². The third-order valence-corrected chi connectivity index (χ3v) is 3.78. The van der Waals surface area contributed by atoms with Crippen molar-refractivity contribution in [2.75, 3.05) is 13.2 Å². The molecule has 0 saturated carbocycles. The molecule has 22 heavy (non-hydrogen) atoms. The van der Waals surface area contributed by atoms with Crippen molar-refractivity contribution in [3.05, 3.63) is 41.5 Å². The van der Waals surface area contributed by atoms with Gasteiger partial charge in [-0.25, -0.2) is 0 Å². The van der Waals surface area contributed by atoms with Crippen LogP contribution in [0.3, 0.4) is 0 Å². The molecule has 0 bridgehead atoms. The highest BCUT2D eigenvalue weighted by Crippen LogP contribution is 2.29. The van der Waals surface area contributed by atoms with Crippen molar-refractivity contribution in [1.29, 1.82) is 0 Å². The number of alkyl halides is 3. The molecule has 1 fully saturated rings. The second-order valence-corrected chi connectivity index (χ2v) is 5.32. The number of hydrogen-bond donors (Lipinski definition) is 1. The Bertz CT molecular complexity index is 537. The van der Waals surface area contributed by atoms with E-state index in [1.54, 1.807) is 4.90 Å². The van der Waals surface area contributed by atoms with Crippen molar-refractivity contribution >= 4 is 12.0 Å². The van der Waals surface area contributed by atoms with E-state index in [4.69, 9.17) is 0 Å². The quantitative estimate of drug-likeness (QED) is 0.871. The number of aliphatic hydroxyl groups is 1. The summed E-state index contributed by atoms with van der Waals surface area (Å²) in [6.45, 7) is 0.529. The Morgan fingerprint density at radius 3 is 2.55 bits per heavy atom. The van der Waals surface area contributed by atoms with Crippen LogP contribution in [0.4, 0.5) is 13.2 Å². The summed E-state index contributed by atoms with van der Waals surface area (Å²) in [5.74, 6) is -0.223. The number of likely N-dealkylation sites (tertiary alicyclic amines) is 1. The molecule has 1 aromatic rings. The van der Waals surface area contributed by atoms with Crippen LogP contribution in [0.25, 0.3) is 6.08 Å². The van der Waals surface area contributed by atoms with Gasteiger partial charge in [-0.3, -0.25) is 4.79 Å². The third kappa shape index (κ3) is 4.10. The SMILES string of the molecule is O=C(C=Cc1ccc(C(F)(F)F)cc1)N1CCCCC1CO. The minimum atomic E-state index is -4.36. The van der Waals surface area contributed by atoms with Crippen LogP contribution in [0.5, 0.6) is 0 Å². The number of nitrogens with zero attached hydrogens (tertiary/aromatic N) is 1. The Morgan fingerprint density at radius 1 is 1.27 bits per heavy atom. The number of carbonyl (C=O) groups excluding carboxylic acids is 1. The van der Waals surface area contributed by atoms with Crippen molar-refractivity contribution in [3.8, 4) is 0 Å². The van der Waals surface area contributed by atoms with Crippen molar-refractivity contribution in [2.24, 2.45) is 0 Å². The predicted octanol–water partition coefficient (Wildman–Crippen LogP) is 3.09. The fraction of sp³-hybridized carbons (Fsp3) is 0.438. The van der Waals surface area contributed by atoms with Gasteiger partial charge in [0.25, 0.3) is 0 Å². The fourth-order valence-electron chi connectivity index (χ4n) is 2.53. The van der Waals surface area contributed by atoms with Crippen molar-refractivity contribution in [1.82, 2.24) is 4.90 Å². The number of amides is 1. The van der Waals surface area contributed by atoms with Crippen LogP contribution >= 0.6 is 0 Å². The van der Waals surface area contributed by atoms with E-state index in [1.807, 2.05) is 0 Å². The number of carbonyl (C=O) groups is 1. The van der Waals surface area contributed by atoms with E-state index in [1.165, 1.54) is 24.3 Å². The van der Waals surface area contributed by atoms with Gasteiger partial charge in [0.05, 0.1) is 18.2 Å². The number of piperidine rings is 1. The molecule has 0 aromatic heterocycles. The number of aliphatic hydroxyl groups excluding tert-OH is 1. The Balaban J connectivity index is 2.03. The maximum atomic E-state index is 12.5. The van der Waals surface area contributed by atoms with Gasteiger partial charge in [-0.05, 0) is 43.0 Å². The molecule has 0 radical (unpaired) electrons. The summed E-state index contributed by atoms with van der Waals surface area (Å²) in [7, 11) is 0. The number of halogens is 3. The number of hydrogen-bond acceptors (Lipinski definition) is 2. The van der Waals surface area contributed by atoms with Gasteiger partial charge in [-0.2, -0.15) is 13.2 Å².